The lowest BCUT2D eigenvalue weighted by Gasteiger charge is -2.16. The molecule has 0 fully saturated rings. The molecule has 0 aliphatic heterocycles. The van der Waals surface area contributed by atoms with Crippen LogP contribution in [-0.2, 0) is 9.84 Å². The van der Waals surface area contributed by atoms with Gasteiger partial charge in [-0.2, -0.15) is 0 Å². The summed E-state index contributed by atoms with van der Waals surface area (Å²) in [7, 11) is -1.95. The summed E-state index contributed by atoms with van der Waals surface area (Å²) in [4.78, 5) is 0.234. The molecule has 1 aromatic carbocycles. The van der Waals surface area contributed by atoms with Gasteiger partial charge < -0.3 is 10.5 Å². The van der Waals surface area contributed by atoms with E-state index in [9.17, 15) is 8.42 Å². The first-order chi connectivity index (χ1) is 7.97. The van der Waals surface area contributed by atoms with Gasteiger partial charge in [0.25, 0.3) is 0 Å². The van der Waals surface area contributed by atoms with Gasteiger partial charge in [0.1, 0.15) is 10.6 Å². The Morgan fingerprint density at radius 3 is 2.53 bits per heavy atom. The number of rotatable bonds is 5. The second-order valence-electron chi connectivity index (χ2n) is 3.97. The molecule has 0 aromatic heterocycles. The van der Waals surface area contributed by atoms with E-state index >= 15 is 0 Å². The molecule has 0 saturated carbocycles. The van der Waals surface area contributed by atoms with Gasteiger partial charge in [-0.15, -0.1) is 0 Å². The Morgan fingerprint density at radius 2 is 2.06 bits per heavy atom. The van der Waals surface area contributed by atoms with Crippen molar-refractivity contribution in [3.05, 3.63) is 23.8 Å². The van der Waals surface area contributed by atoms with Gasteiger partial charge >= 0.3 is 0 Å². The minimum atomic E-state index is -3.42. The van der Waals surface area contributed by atoms with E-state index in [1.807, 2.05) is 19.9 Å². The zero-order valence-corrected chi connectivity index (χ0v) is 11.3. The highest BCUT2D eigenvalue weighted by Crippen LogP contribution is 2.28. The van der Waals surface area contributed by atoms with Gasteiger partial charge in [-0.3, -0.25) is 0 Å². The van der Waals surface area contributed by atoms with Gasteiger partial charge in [-0.1, -0.05) is 13.0 Å². The average Bonchev–Trinajstić information content (AvgIpc) is 2.30. The van der Waals surface area contributed by atoms with Crippen LogP contribution in [0.3, 0.4) is 0 Å². The summed E-state index contributed by atoms with van der Waals surface area (Å²) < 4.78 is 29.8. The van der Waals surface area contributed by atoms with Crippen molar-refractivity contribution in [2.75, 3.05) is 13.7 Å². The van der Waals surface area contributed by atoms with Crippen LogP contribution >= 0.6 is 0 Å². The molecule has 2 N–H and O–H groups in total. The Kier molecular flexibility index (Phi) is 4.54. The number of hydrogen-bond donors (Lipinski definition) is 1. The van der Waals surface area contributed by atoms with E-state index in [2.05, 4.69) is 0 Å². The quantitative estimate of drug-likeness (QED) is 0.868. The van der Waals surface area contributed by atoms with Crippen LogP contribution in [0.4, 0.5) is 0 Å². The van der Waals surface area contributed by atoms with Crippen LogP contribution in [0, 0.1) is 6.92 Å². The average molecular weight is 257 g/mol. The Balaban J connectivity index is 3.36. The van der Waals surface area contributed by atoms with Gasteiger partial charge in [0, 0.05) is 6.54 Å². The maximum Gasteiger partial charge on any atom is 0.186 e. The molecule has 0 aliphatic rings. The Morgan fingerprint density at radius 1 is 1.41 bits per heavy atom. The molecule has 5 heteroatoms. The minimum absolute atomic E-state index is 0.121. The summed E-state index contributed by atoms with van der Waals surface area (Å²) in [5, 5.41) is -0.557. The predicted octanol–water partition coefficient (Wildman–Crippen LogP) is 1.51. The number of ether oxygens (including phenoxy) is 1. The molecular weight excluding hydrogens is 238 g/mol. The molecular formula is C12H19NO3S. The topological polar surface area (TPSA) is 69.4 Å². The molecule has 17 heavy (non-hydrogen) atoms. The molecule has 0 aliphatic carbocycles. The fourth-order valence-corrected chi connectivity index (χ4v) is 3.53. The minimum Gasteiger partial charge on any atom is -0.495 e. The zero-order chi connectivity index (χ0) is 13.1. The highest BCUT2D eigenvalue weighted by atomic mass is 32.2. The van der Waals surface area contributed by atoms with Crippen molar-refractivity contribution in [3.63, 3.8) is 0 Å². The maximum absolute atomic E-state index is 12.4. The fourth-order valence-electron chi connectivity index (χ4n) is 1.70. The molecule has 1 rings (SSSR count). The van der Waals surface area contributed by atoms with E-state index in [0.717, 1.165) is 5.56 Å². The van der Waals surface area contributed by atoms with E-state index in [0.29, 0.717) is 12.2 Å². The fraction of sp³-hybridized carbons (Fsp3) is 0.500. The number of methoxy groups -OCH3 is 1. The lowest BCUT2D eigenvalue weighted by atomic mass is 10.2. The second-order valence-corrected chi connectivity index (χ2v) is 6.16. The number of hydrogen-bond acceptors (Lipinski definition) is 4. The second kappa shape index (κ2) is 5.51. The lowest BCUT2D eigenvalue weighted by Crippen LogP contribution is -2.29. The van der Waals surface area contributed by atoms with Crippen LogP contribution in [0.1, 0.15) is 18.9 Å². The van der Waals surface area contributed by atoms with Gasteiger partial charge in [0.05, 0.1) is 12.4 Å². The number of nitrogens with two attached hydrogens (primary N) is 1. The van der Waals surface area contributed by atoms with Gasteiger partial charge in [0.2, 0.25) is 0 Å². The monoisotopic (exact) mass is 257 g/mol. The van der Waals surface area contributed by atoms with Crippen molar-refractivity contribution in [1.29, 1.82) is 0 Å². The molecule has 0 radical (unpaired) electrons. The molecule has 1 aromatic rings. The van der Waals surface area contributed by atoms with Crippen LogP contribution in [0.5, 0.6) is 5.75 Å². The van der Waals surface area contributed by atoms with E-state index < -0.39 is 15.1 Å². The third kappa shape index (κ3) is 2.79. The van der Waals surface area contributed by atoms with Crippen molar-refractivity contribution >= 4 is 9.84 Å². The van der Waals surface area contributed by atoms with Crippen molar-refractivity contribution in [2.24, 2.45) is 5.73 Å². The summed E-state index contributed by atoms with van der Waals surface area (Å²) in [5.74, 6) is 0.377. The molecule has 0 bridgehead atoms. The molecule has 1 atom stereocenters. The number of benzene rings is 1. The van der Waals surface area contributed by atoms with Crippen LogP contribution in [0.25, 0.3) is 0 Å². The Hall–Kier alpha value is -1.07. The molecule has 4 nitrogen and oxygen atoms in total. The van der Waals surface area contributed by atoms with Gasteiger partial charge in [0.15, 0.2) is 9.84 Å². The third-order valence-corrected chi connectivity index (χ3v) is 5.12. The largest absolute Gasteiger partial charge is 0.495 e. The van der Waals surface area contributed by atoms with E-state index in [1.165, 1.54) is 7.11 Å². The number of sulfone groups is 1. The first-order valence-electron chi connectivity index (χ1n) is 5.56. The first-order valence-corrected chi connectivity index (χ1v) is 7.10. The number of aryl methyl sites for hydroxylation is 1. The van der Waals surface area contributed by atoms with Gasteiger partial charge in [-0.05, 0) is 31.0 Å². The highest BCUT2D eigenvalue weighted by molar-refractivity contribution is 7.92. The molecule has 0 heterocycles. The summed E-state index contributed by atoms with van der Waals surface area (Å²) in [6.45, 7) is 3.79. The van der Waals surface area contributed by atoms with Gasteiger partial charge in [-0.25, -0.2) is 8.42 Å². The summed E-state index contributed by atoms with van der Waals surface area (Å²) in [6, 6.07) is 5.12. The van der Waals surface area contributed by atoms with Crippen LogP contribution in [-0.4, -0.2) is 27.3 Å². The maximum atomic E-state index is 12.4. The van der Waals surface area contributed by atoms with Crippen molar-refractivity contribution in [1.82, 2.24) is 0 Å². The Bertz CT molecular complexity index is 479. The SMILES string of the molecule is CCC(CN)S(=O)(=O)c1cc(C)ccc1OC. The predicted molar refractivity (Wildman–Crippen MR) is 68.1 cm³/mol. The summed E-state index contributed by atoms with van der Waals surface area (Å²) >= 11 is 0. The van der Waals surface area contributed by atoms with Crippen molar-refractivity contribution in [2.45, 2.75) is 30.4 Å². The summed E-state index contributed by atoms with van der Waals surface area (Å²) in [5.41, 5.74) is 6.40. The molecule has 0 saturated heterocycles. The Labute approximate surface area is 103 Å². The van der Waals surface area contributed by atoms with E-state index in [1.54, 1.807) is 12.1 Å². The van der Waals surface area contributed by atoms with Crippen LogP contribution < -0.4 is 10.5 Å². The summed E-state index contributed by atoms with van der Waals surface area (Å²) in [6.07, 6.45) is 0.496. The molecule has 96 valence electrons. The zero-order valence-electron chi connectivity index (χ0n) is 10.4. The normalized spacial score (nSPS) is 13.4. The van der Waals surface area contributed by atoms with E-state index in [-0.39, 0.29) is 11.4 Å². The van der Waals surface area contributed by atoms with Crippen LogP contribution in [0.2, 0.25) is 0 Å². The molecule has 0 spiro atoms. The molecule has 1 unspecified atom stereocenters. The lowest BCUT2D eigenvalue weighted by molar-refractivity contribution is 0.402. The standard InChI is InChI=1S/C12H19NO3S/c1-4-10(8-13)17(14,15)12-7-9(2)5-6-11(12)16-3/h5-7,10H,4,8,13H2,1-3H3. The molecule has 0 amide bonds. The van der Waals surface area contributed by atoms with Crippen molar-refractivity contribution < 1.29 is 13.2 Å². The van der Waals surface area contributed by atoms with E-state index in [4.69, 9.17) is 10.5 Å². The smallest absolute Gasteiger partial charge is 0.186 e. The third-order valence-electron chi connectivity index (χ3n) is 2.78. The van der Waals surface area contributed by atoms with Crippen LogP contribution in [0.15, 0.2) is 23.1 Å². The highest BCUT2D eigenvalue weighted by Gasteiger charge is 2.27. The first kappa shape index (κ1) is 14.0. The van der Waals surface area contributed by atoms with Crippen molar-refractivity contribution in [3.8, 4) is 5.75 Å².